The third-order valence-electron chi connectivity index (χ3n) is 4.52. The highest BCUT2D eigenvalue weighted by molar-refractivity contribution is 8.00. The average Bonchev–Trinajstić information content (AvgIpc) is 2.53. The van der Waals surface area contributed by atoms with E-state index in [0.717, 1.165) is 31.6 Å². The molecule has 0 spiro atoms. The number of fused-ring (bicyclic) bond motifs is 1. The lowest BCUT2D eigenvalue weighted by atomic mass is 9.97. The summed E-state index contributed by atoms with van der Waals surface area (Å²) in [6.07, 6.45) is 4.53. The van der Waals surface area contributed by atoms with E-state index in [0.29, 0.717) is 17.0 Å². The molecule has 3 rings (SSSR count). The van der Waals surface area contributed by atoms with E-state index in [1.165, 1.54) is 18.4 Å². The molecular weight excluding hydrogens is 280 g/mol. The molecular formula is C17H24N2OS. The Balaban J connectivity index is 1.66. The van der Waals surface area contributed by atoms with Crippen LogP contribution in [-0.2, 0) is 11.2 Å². The van der Waals surface area contributed by atoms with Crippen LogP contribution in [0.5, 0.6) is 0 Å². The predicted octanol–water partition coefficient (Wildman–Crippen LogP) is 2.84. The van der Waals surface area contributed by atoms with E-state index >= 15 is 0 Å². The predicted molar refractivity (Wildman–Crippen MR) is 90.1 cm³/mol. The van der Waals surface area contributed by atoms with Gasteiger partial charge in [0.1, 0.15) is 0 Å². The maximum absolute atomic E-state index is 12.7. The first-order valence-electron chi connectivity index (χ1n) is 7.98. The van der Waals surface area contributed by atoms with E-state index < -0.39 is 0 Å². The molecule has 21 heavy (non-hydrogen) atoms. The summed E-state index contributed by atoms with van der Waals surface area (Å²) in [4.78, 5) is 14.7. The first kappa shape index (κ1) is 14.9. The number of amides is 1. The summed E-state index contributed by atoms with van der Waals surface area (Å²) in [5.74, 6) is 0.891. The highest BCUT2D eigenvalue weighted by atomic mass is 32.2. The Morgan fingerprint density at radius 1 is 1.29 bits per heavy atom. The fraction of sp³-hybridized carbons (Fsp3) is 0.588. The Bertz CT molecular complexity index is 499. The van der Waals surface area contributed by atoms with Crippen LogP contribution in [-0.4, -0.2) is 36.0 Å². The van der Waals surface area contributed by atoms with Gasteiger partial charge in [-0.2, -0.15) is 0 Å². The summed E-state index contributed by atoms with van der Waals surface area (Å²) in [6.45, 7) is 4.35. The van der Waals surface area contributed by atoms with Crippen LogP contribution in [0.3, 0.4) is 0 Å². The number of hydrogen-bond acceptors (Lipinski definition) is 3. The van der Waals surface area contributed by atoms with Gasteiger partial charge in [0.2, 0.25) is 5.91 Å². The Morgan fingerprint density at radius 3 is 2.86 bits per heavy atom. The number of anilines is 1. The molecule has 0 bridgehead atoms. The maximum Gasteiger partial charge on any atom is 0.237 e. The molecule has 0 aliphatic carbocycles. The number of piperidine rings is 1. The minimum absolute atomic E-state index is 0.276. The number of para-hydroxylation sites is 1. The number of carbonyl (C=O) groups is 1. The van der Waals surface area contributed by atoms with Crippen LogP contribution in [0.4, 0.5) is 5.69 Å². The molecule has 3 nitrogen and oxygen atoms in total. The highest BCUT2D eigenvalue weighted by Gasteiger charge is 2.28. The van der Waals surface area contributed by atoms with Crippen molar-refractivity contribution in [3.05, 3.63) is 29.8 Å². The normalized spacial score (nSPS) is 22.9. The Morgan fingerprint density at radius 2 is 2.05 bits per heavy atom. The fourth-order valence-electron chi connectivity index (χ4n) is 3.29. The van der Waals surface area contributed by atoms with Gasteiger partial charge >= 0.3 is 0 Å². The van der Waals surface area contributed by atoms with Crippen LogP contribution in [0.2, 0.25) is 0 Å². The molecule has 1 aromatic carbocycles. The number of thioether (sulfide) groups is 1. The number of rotatable bonds is 3. The minimum Gasteiger partial charge on any atom is -0.317 e. The van der Waals surface area contributed by atoms with Gasteiger partial charge in [-0.15, -0.1) is 11.8 Å². The van der Waals surface area contributed by atoms with E-state index in [4.69, 9.17) is 0 Å². The monoisotopic (exact) mass is 304 g/mol. The smallest absolute Gasteiger partial charge is 0.237 e. The fourth-order valence-corrected chi connectivity index (χ4v) is 4.38. The summed E-state index contributed by atoms with van der Waals surface area (Å²) >= 11 is 1.84. The highest BCUT2D eigenvalue weighted by Crippen LogP contribution is 2.31. The molecule has 1 amide bonds. The standard InChI is InChI=1S/C17H24N2OS/c1-13-6-7-14-4-2-3-5-16(14)19(13)17(20)12-21-15-8-10-18-11-9-15/h2-5,13,15,18H,6-12H2,1H3. The van der Waals surface area contributed by atoms with Gasteiger partial charge in [-0.05, 0) is 57.3 Å². The van der Waals surface area contributed by atoms with Crippen molar-refractivity contribution in [1.82, 2.24) is 5.32 Å². The Hall–Kier alpha value is -1.000. The molecule has 1 aromatic rings. The number of nitrogens with zero attached hydrogens (tertiary/aromatic N) is 1. The van der Waals surface area contributed by atoms with E-state index in [1.54, 1.807) is 0 Å². The molecule has 0 radical (unpaired) electrons. The number of aryl methyl sites for hydroxylation is 1. The van der Waals surface area contributed by atoms with Crippen molar-refractivity contribution in [2.45, 2.75) is 43.9 Å². The molecule has 2 heterocycles. The molecule has 0 aromatic heterocycles. The molecule has 0 saturated carbocycles. The molecule has 1 fully saturated rings. The lowest BCUT2D eigenvalue weighted by Gasteiger charge is -2.35. The molecule has 1 saturated heterocycles. The first-order chi connectivity index (χ1) is 10.3. The van der Waals surface area contributed by atoms with Gasteiger partial charge in [-0.3, -0.25) is 4.79 Å². The Labute approximate surface area is 131 Å². The van der Waals surface area contributed by atoms with Gasteiger partial charge < -0.3 is 10.2 Å². The zero-order valence-corrected chi connectivity index (χ0v) is 13.5. The number of nitrogens with one attached hydrogen (secondary N) is 1. The van der Waals surface area contributed by atoms with Crippen molar-refractivity contribution in [3.8, 4) is 0 Å². The summed E-state index contributed by atoms with van der Waals surface area (Å²) in [5, 5.41) is 4.02. The van der Waals surface area contributed by atoms with Gasteiger partial charge in [-0.1, -0.05) is 18.2 Å². The summed E-state index contributed by atoms with van der Waals surface area (Å²) < 4.78 is 0. The van der Waals surface area contributed by atoms with Gasteiger partial charge in [0, 0.05) is 17.0 Å². The van der Waals surface area contributed by atoms with E-state index in [-0.39, 0.29) is 5.91 Å². The second-order valence-electron chi connectivity index (χ2n) is 6.04. The zero-order valence-electron chi connectivity index (χ0n) is 12.7. The van der Waals surface area contributed by atoms with E-state index in [9.17, 15) is 4.79 Å². The minimum atomic E-state index is 0.276. The topological polar surface area (TPSA) is 32.3 Å². The van der Waals surface area contributed by atoms with Gasteiger partial charge in [0.15, 0.2) is 0 Å². The van der Waals surface area contributed by atoms with Crippen LogP contribution in [0.15, 0.2) is 24.3 Å². The molecule has 2 aliphatic rings. The van der Waals surface area contributed by atoms with Crippen LogP contribution < -0.4 is 10.2 Å². The average molecular weight is 304 g/mol. The second-order valence-corrected chi connectivity index (χ2v) is 7.33. The lowest BCUT2D eigenvalue weighted by molar-refractivity contribution is -0.116. The zero-order chi connectivity index (χ0) is 14.7. The van der Waals surface area contributed by atoms with Gasteiger partial charge in [0.25, 0.3) is 0 Å². The lowest BCUT2D eigenvalue weighted by Crippen LogP contribution is -2.43. The summed E-state index contributed by atoms with van der Waals surface area (Å²) in [5.41, 5.74) is 2.45. The first-order valence-corrected chi connectivity index (χ1v) is 9.03. The van der Waals surface area contributed by atoms with Crippen molar-refractivity contribution in [3.63, 3.8) is 0 Å². The molecule has 2 aliphatic heterocycles. The molecule has 1 N–H and O–H groups in total. The second kappa shape index (κ2) is 6.84. The quantitative estimate of drug-likeness (QED) is 0.932. The Kier molecular flexibility index (Phi) is 4.86. The molecule has 114 valence electrons. The van der Waals surface area contributed by atoms with Crippen molar-refractivity contribution in [2.24, 2.45) is 0 Å². The van der Waals surface area contributed by atoms with Crippen molar-refractivity contribution in [1.29, 1.82) is 0 Å². The largest absolute Gasteiger partial charge is 0.317 e. The third-order valence-corrected chi connectivity index (χ3v) is 5.88. The molecule has 4 heteroatoms. The third kappa shape index (κ3) is 3.43. The van der Waals surface area contributed by atoms with E-state index in [1.807, 2.05) is 22.7 Å². The van der Waals surface area contributed by atoms with Crippen molar-refractivity contribution >= 4 is 23.4 Å². The number of hydrogen-bond donors (Lipinski definition) is 1. The van der Waals surface area contributed by atoms with Crippen LogP contribution in [0.25, 0.3) is 0 Å². The van der Waals surface area contributed by atoms with Crippen molar-refractivity contribution < 1.29 is 4.79 Å². The maximum atomic E-state index is 12.7. The summed E-state index contributed by atoms with van der Waals surface area (Å²) in [7, 11) is 0. The van der Waals surface area contributed by atoms with Gasteiger partial charge in [0.05, 0.1) is 5.75 Å². The molecule has 1 unspecified atom stereocenters. The van der Waals surface area contributed by atoms with Crippen LogP contribution in [0.1, 0.15) is 31.7 Å². The number of benzene rings is 1. The molecule has 1 atom stereocenters. The summed E-state index contributed by atoms with van der Waals surface area (Å²) in [6, 6.07) is 8.68. The SMILES string of the molecule is CC1CCc2ccccc2N1C(=O)CSC1CCNCC1. The number of carbonyl (C=O) groups excluding carboxylic acids is 1. The van der Waals surface area contributed by atoms with E-state index in [2.05, 4.69) is 30.4 Å². The van der Waals surface area contributed by atoms with Crippen molar-refractivity contribution in [2.75, 3.05) is 23.7 Å². The van der Waals surface area contributed by atoms with Crippen LogP contribution in [0, 0.1) is 0 Å². The van der Waals surface area contributed by atoms with Gasteiger partial charge in [-0.25, -0.2) is 0 Å². The van der Waals surface area contributed by atoms with Crippen LogP contribution >= 0.6 is 11.8 Å².